The number of piperazine rings is 1. The first-order chi connectivity index (χ1) is 40.1. The number of fused-ring (bicyclic) bond motifs is 2. The molecule has 83 heavy (non-hydrogen) atoms. The number of amides is 2. The Morgan fingerprint density at radius 3 is 2.36 bits per heavy atom. The van der Waals surface area contributed by atoms with E-state index in [4.69, 9.17) is 15.0 Å². The van der Waals surface area contributed by atoms with Gasteiger partial charge in [0.1, 0.15) is 29.4 Å². The summed E-state index contributed by atoms with van der Waals surface area (Å²) in [6, 6.07) is 22.6. The number of phenolic OH excluding ortho intramolecular Hbond substituents is 1. The first-order valence-corrected chi connectivity index (χ1v) is 30.6. The quantitative estimate of drug-likeness (QED) is 0.0623. The zero-order chi connectivity index (χ0) is 57.5. The van der Waals surface area contributed by atoms with Gasteiger partial charge in [-0.25, -0.2) is 9.97 Å². The number of pyridine rings is 1. The molecule has 6 aromatic rings. The van der Waals surface area contributed by atoms with E-state index in [0.29, 0.717) is 53.3 Å². The number of nitrogens with one attached hydrogen (secondary N) is 1. The number of piperidine rings is 2. The Bertz CT molecular complexity index is 3330. The van der Waals surface area contributed by atoms with Crippen LogP contribution in [0.25, 0.3) is 21.7 Å². The van der Waals surface area contributed by atoms with Gasteiger partial charge >= 0.3 is 0 Å². The van der Waals surface area contributed by atoms with Crippen LogP contribution in [0.5, 0.6) is 11.6 Å². The summed E-state index contributed by atoms with van der Waals surface area (Å²) in [6.45, 7) is 13.7. The molecule has 2 aromatic carbocycles. The minimum atomic E-state index is -0.992. The third kappa shape index (κ3) is 12.1. The number of hydrogen-bond acceptors (Lipinski definition) is 18. The molecule has 20 heteroatoms. The number of benzene rings is 2. The van der Waals surface area contributed by atoms with E-state index in [-0.39, 0.29) is 66.6 Å². The second kappa shape index (κ2) is 23.7. The smallest absolute Gasteiger partial charge is 0.243 e. The Hall–Kier alpha value is -7.31. The number of ether oxygens (including phenoxy) is 1. The van der Waals surface area contributed by atoms with Crippen molar-refractivity contribution in [2.75, 3.05) is 72.8 Å². The second-order valence-electron chi connectivity index (χ2n) is 24.3. The predicted octanol–water partition coefficient (Wildman–Crippen LogP) is 7.59. The summed E-state index contributed by atoms with van der Waals surface area (Å²) in [6.07, 6.45) is 8.14. The molecule has 2 amide bonds. The fourth-order valence-electron chi connectivity index (χ4n) is 13.4. The van der Waals surface area contributed by atoms with Gasteiger partial charge in [0.25, 0.3) is 0 Å². The number of para-hydroxylation sites is 1. The Labute approximate surface area is 489 Å². The maximum absolute atomic E-state index is 14.4. The molecule has 5 saturated heterocycles. The van der Waals surface area contributed by atoms with Crippen molar-refractivity contribution in [3.05, 3.63) is 102 Å². The number of phenols is 1. The van der Waals surface area contributed by atoms with Gasteiger partial charge in [-0.15, -0.1) is 21.5 Å². The fraction of sp³-hybridized carbons (Fsp3) is 0.508. The number of aryl methyl sites for hydroxylation is 1. The van der Waals surface area contributed by atoms with Crippen LogP contribution in [0.15, 0.2) is 89.0 Å². The zero-order valence-electron chi connectivity index (χ0n) is 47.8. The van der Waals surface area contributed by atoms with Crippen molar-refractivity contribution in [1.82, 2.24) is 40.4 Å². The Morgan fingerprint density at radius 2 is 1.65 bits per heavy atom. The number of anilines is 4. The summed E-state index contributed by atoms with van der Waals surface area (Å²) >= 11 is 1.60. The van der Waals surface area contributed by atoms with Crippen LogP contribution in [0, 0.1) is 36.5 Å². The Kier molecular flexibility index (Phi) is 16.1. The lowest BCUT2D eigenvalue weighted by Gasteiger charge is -2.43. The number of carbonyl (C=O) groups is 2. The Morgan fingerprint density at radius 1 is 0.904 bits per heavy atom. The van der Waals surface area contributed by atoms with Gasteiger partial charge in [0, 0.05) is 119 Å². The monoisotopic (exact) mass is 1140 g/mol. The van der Waals surface area contributed by atoms with Crippen LogP contribution in [0.2, 0.25) is 0 Å². The summed E-state index contributed by atoms with van der Waals surface area (Å²) in [5.74, 6) is 8.34. The number of thiazole rings is 1. The van der Waals surface area contributed by atoms with E-state index < -0.39 is 23.7 Å². The number of aromatic hydroxyl groups is 1. The Balaban J connectivity index is 0.574. The van der Waals surface area contributed by atoms with Gasteiger partial charge in [0.2, 0.25) is 17.7 Å². The van der Waals surface area contributed by atoms with Crippen LogP contribution in [-0.2, 0) is 9.59 Å². The van der Waals surface area contributed by atoms with Crippen molar-refractivity contribution < 1.29 is 34.2 Å². The molecule has 1 saturated carbocycles. The number of rotatable bonds is 15. The van der Waals surface area contributed by atoms with Gasteiger partial charge in [0.15, 0.2) is 17.4 Å². The maximum atomic E-state index is 14.4. The van der Waals surface area contributed by atoms with Crippen LogP contribution in [0.3, 0.4) is 0 Å². The molecule has 6 fully saturated rings. The standard InChI is InChI=1S/C63H76N12O7S/c1-38(2)58(62(79)74-36-48(76)30-53(74)61(78)67-39(3)43-9-11-44(12-10-43)59-40(4)66-37-83-59)55-32-56(70-82-55)72-23-17-41(18-24-72)33-71-25-20-63(80,21-26-71)19-15-42-27-49(28-42)81-57-29-45(16-22-65-57)75-46-13-14-47(75)35-73(34-46)52-31-51(68-69-60(52)64)50-7-5-6-8-54(50)77/h5-12,16,22,29,31-32,37-39,41-42,46-49,53,58,76-77,80H,13-14,17-18,20-21,23-28,30,33-36H2,1-4H3,(H2,64,69)(H,67,78)/t39-,42?,46+,47?,48+,49?,53-,58+/m0/s1. The molecule has 0 radical (unpaired) electrons. The highest BCUT2D eigenvalue weighted by Gasteiger charge is 2.45. The number of nitrogens with zero attached hydrogens (tertiary/aromatic N) is 10. The molecule has 2 bridgehead atoms. The summed E-state index contributed by atoms with van der Waals surface area (Å²) in [7, 11) is 0. The van der Waals surface area contributed by atoms with E-state index in [2.05, 4.69) is 74.2 Å². The number of nitrogen functional groups attached to an aromatic ring is 1. The largest absolute Gasteiger partial charge is 0.507 e. The van der Waals surface area contributed by atoms with Crippen LogP contribution < -0.4 is 30.5 Å². The van der Waals surface area contributed by atoms with Crippen molar-refractivity contribution in [3.63, 3.8) is 0 Å². The van der Waals surface area contributed by atoms with E-state index in [0.717, 1.165) is 117 Å². The topological polar surface area (TPSA) is 236 Å². The highest BCUT2D eigenvalue weighted by molar-refractivity contribution is 7.13. The summed E-state index contributed by atoms with van der Waals surface area (Å²) < 4.78 is 12.4. The van der Waals surface area contributed by atoms with Crippen LogP contribution >= 0.6 is 11.3 Å². The van der Waals surface area contributed by atoms with Crippen molar-refractivity contribution in [3.8, 4) is 45.2 Å². The van der Waals surface area contributed by atoms with Gasteiger partial charge in [-0.3, -0.25) is 9.59 Å². The molecule has 1 unspecified atom stereocenters. The van der Waals surface area contributed by atoms with E-state index in [1.807, 2.05) is 87.9 Å². The number of carbonyl (C=O) groups excluding carboxylic acids is 2. The summed E-state index contributed by atoms with van der Waals surface area (Å²) in [5.41, 5.74) is 13.4. The third-order valence-electron chi connectivity index (χ3n) is 18.2. The molecule has 0 spiro atoms. The van der Waals surface area contributed by atoms with Crippen molar-refractivity contribution >= 4 is 46.2 Å². The van der Waals surface area contributed by atoms with Crippen molar-refractivity contribution in [2.45, 2.75) is 133 Å². The molecule has 6 aliphatic rings. The van der Waals surface area contributed by atoms with E-state index in [1.54, 1.807) is 23.5 Å². The fourth-order valence-corrected chi connectivity index (χ4v) is 14.2. The second-order valence-corrected chi connectivity index (χ2v) is 25.2. The van der Waals surface area contributed by atoms with Crippen molar-refractivity contribution in [2.24, 2.45) is 17.8 Å². The molecule has 436 valence electrons. The number of β-amino-alcohol motifs (C(OH)–C–C–N with tert-alkyl or cyclic N) is 1. The molecule has 4 aromatic heterocycles. The van der Waals surface area contributed by atoms with Gasteiger partial charge in [0.05, 0.1) is 39.6 Å². The molecule has 6 N–H and O–H groups in total. The lowest BCUT2D eigenvalue weighted by Crippen LogP contribution is -2.54. The van der Waals surface area contributed by atoms with Gasteiger partial charge < -0.3 is 60.1 Å². The molecular weight excluding hydrogens is 1070 g/mol. The number of likely N-dealkylation sites (tertiary alicyclic amines) is 2. The number of aromatic nitrogens is 5. The van der Waals surface area contributed by atoms with E-state index in [9.17, 15) is 24.9 Å². The van der Waals surface area contributed by atoms with Gasteiger partial charge in [-0.2, -0.15) is 0 Å². The van der Waals surface area contributed by atoms with Crippen LogP contribution in [-0.4, -0.2) is 151 Å². The molecule has 5 aliphatic heterocycles. The lowest BCUT2D eigenvalue weighted by atomic mass is 9.81. The SMILES string of the molecule is Cc1ncsc1-c1ccc([C@H](C)NC(=O)[C@@H]2C[C@@H](O)CN2C(=O)[C@@H](c2cc(N3CCC(CN4CCC(O)(C#CC5CC(Oc6cc(N7C8CC[C@@H]7CN(c7cc(-c9ccccc9O)nnc7N)C8)ccn6)C5)CC4)CC3)no2)C(C)C)cc1. The summed E-state index contributed by atoms with van der Waals surface area (Å²) in [5, 5.41) is 49.0. The molecule has 6 atom stereocenters. The van der Waals surface area contributed by atoms with E-state index in [1.165, 1.54) is 4.90 Å². The normalized spacial score (nSPS) is 24.3. The minimum Gasteiger partial charge on any atom is -0.507 e. The molecule has 19 nitrogen and oxygen atoms in total. The van der Waals surface area contributed by atoms with Crippen LogP contribution in [0.4, 0.5) is 23.0 Å². The summed E-state index contributed by atoms with van der Waals surface area (Å²) in [4.78, 5) is 49.4. The van der Waals surface area contributed by atoms with E-state index >= 15 is 0 Å². The minimum absolute atomic E-state index is 0.0247. The molecule has 9 heterocycles. The average molecular weight is 1150 g/mol. The maximum Gasteiger partial charge on any atom is 0.243 e. The highest BCUT2D eigenvalue weighted by Crippen LogP contribution is 2.41. The third-order valence-corrected chi connectivity index (χ3v) is 19.2. The molecule has 12 rings (SSSR count). The zero-order valence-corrected chi connectivity index (χ0v) is 48.6. The first kappa shape index (κ1) is 56.2. The first-order valence-electron chi connectivity index (χ1n) is 29.7. The van der Waals surface area contributed by atoms with Crippen LogP contribution in [0.1, 0.15) is 108 Å². The molecular formula is C63H76N12O7S. The number of aliphatic hydroxyl groups is 2. The number of aliphatic hydroxyl groups excluding tert-OH is 1. The van der Waals surface area contributed by atoms with Gasteiger partial charge in [-0.1, -0.05) is 67.2 Å². The van der Waals surface area contributed by atoms with Gasteiger partial charge in [-0.05, 0) is 99.6 Å². The molecule has 1 aliphatic carbocycles. The predicted molar refractivity (Wildman–Crippen MR) is 319 cm³/mol. The average Bonchev–Trinajstić information content (AvgIpc) is 4.40. The number of hydrogen-bond donors (Lipinski definition) is 5. The lowest BCUT2D eigenvalue weighted by molar-refractivity contribution is -0.141. The number of nitrogens with two attached hydrogens (primary N) is 1. The highest BCUT2D eigenvalue weighted by atomic mass is 32.1. The van der Waals surface area contributed by atoms with Crippen molar-refractivity contribution in [1.29, 1.82) is 0 Å².